The van der Waals surface area contributed by atoms with E-state index in [1.54, 1.807) is 0 Å². The first-order valence-electron chi connectivity index (χ1n) is 4.73. The van der Waals surface area contributed by atoms with Gasteiger partial charge >= 0.3 is 0 Å². The van der Waals surface area contributed by atoms with Crippen molar-refractivity contribution in [3.63, 3.8) is 0 Å². The molecule has 0 aliphatic carbocycles. The minimum atomic E-state index is 0.254. The maximum atomic E-state index is 5.91. The monoisotopic (exact) mass is 177 g/mol. The van der Waals surface area contributed by atoms with Gasteiger partial charge in [-0.15, -0.1) is 0 Å². The normalized spacial score (nSPS) is 21.5. The Kier molecular flexibility index (Phi) is 2.23. The second-order valence-corrected chi connectivity index (χ2v) is 3.71. The highest BCUT2D eigenvalue weighted by Crippen LogP contribution is 2.24. The van der Waals surface area contributed by atoms with Crippen molar-refractivity contribution in [1.29, 1.82) is 0 Å². The summed E-state index contributed by atoms with van der Waals surface area (Å²) in [5.74, 6) is 1.02. The predicted octanol–water partition coefficient (Wildman–Crippen LogP) is 1.65. The molecule has 1 atom stereocenters. The molecule has 1 aliphatic rings. The van der Waals surface area contributed by atoms with Gasteiger partial charge in [0.25, 0.3) is 0 Å². The summed E-state index contributed by atoms with van der Waals surface area (Å²) in [6.07, 6.45) is 1.89. The Morgan fingerprint density at radius 3 is 3.15 bits per heavy atom. The van der Waals surface area contributed by atoms with Crippen molar-refractivity contribution in [2.75, 3.05) is 6.61 Å². The largest absolute Gasteiger partial charge is 0.493 e. The molecule has 0 bridgehead atoms. The van der Waals surface area contributed by atoms with Crippen LogP contribution in [0.4, 0.5) is 0 Å². The standard InChI is InChI=1S/C11H15NO/c1-8-2-3-9-7-10(12)4-5-13-11(9)6-8/h2-3,6,10H,4-5,7,12H2,1H3. The lowest BCUT2D eigenvalue weighted by Gasteiger charge is -2.07. The highest BCUT2D eigenvalue weighted by Gasteiger charge is 2.13. The number of nitrogens with two attached hydrogens (primary N) is 1. The van der Waals surface area contributed by atoms with E-state index < -0.39 is 0 Å². The number of fused-ring (bicyclic) bond motifs is 1. The van der Waals surface area contributed by atoms with Crippen molar-refractivity contribution in [1.82, 2.24) is 0 Å². The van der Waals surface area contributed by atoms with Gasteiger partial charge < -0.3 is 10.5 Å². The zero-order valence-electron chi connectivity index (χ0n) is 7.92. The average molecular weight is 177 g/mol. The summed E-state index contributed by atoms with van der Waals surface area (Å²) in [4.78, 5) is 0. The molecule has 0 spiro atoms. The lowest BCUT2D eigenvalue weighted by Crippen LogP contribution is -2.22. The third kappa shape index (κ3) is 1.83. The summed E-state index contributed by atoms with van der Waals surface area (Å²) in [6, 6.07) is 6.58. The SMILES string of the molecule is Cc1ccc2c(c1)OCCC(N)C2. The zero-order chi connectivity index (χ0) is 9.26. The molecule has 2 nitrogen and oxygen atoms in total. The van der Waals surface area contributed by atoms with E-state index in [0.29, 0.717) is 0 Å². The van der Waals surface area contributed by atoms with Crippen LogP contribution in [0.25, 0.3) is 0 Å². The number of hydrogen-bond donors (Lipinski definition) is 1. The topological polar surface area (TPSA) is 35.2 Å². The van der Waals surface area contributed by atoms with Gasteiger partial charge in [0.1, 0.15) is 5.75 Å². The molecule has 70 valence electrons. The number of benzene rings is 1. The van der Waals surface area contributed by atoms with Crippen molar-refractivity contribution < 1.29 is 4.74 Å². The van der Waals surface area contributed by atoms with Crippen molar-refractivity contribution in [2.24, 2.45) is 5.73 Å². The molecule has 1 aliphatic heterocycles. The van der Waals surface area contributed by atoms with Crippen LogP contribution < -0.4 is 10.5 Å². The third-order valence-electron chi connectivity index (χ3n) is 2.45. The van der Waals surface area contributed by atoms with Crippen LogP contribution in [0.3, 0.4) is 0 Å². The molecule has 0 amide bonds. The van der Waals surface area contributed by atoms with E-state index in [2.05, 4.69) is 25.1 Å². The summed E-state index contributed by atoms with van der Waals surface area (Å²) in [5.41, 5.74) is 8.40. The van der Waals surface area contributed by atoms with E-state index in [1.807, 2.05) is 0 Å². The summed E-state index contributed by atoms with van der Waals surface area (Å²) in [7, 11) is 0. The average Bonchev–Trinajstić information content (AvgIpc) is 2.25. The first kappa shape index (κ1) is 8.57. The maximum absolute atomic E-state index is 5.91. The summed E-state index contributed by atoms with van der Waals surface area (Å²) >= 11 is 0. The van der Waals surface area contributed by atoms with Gasteiger partial charge in [0.15, 0.2) is 0 Å². The van der Waals surface area contributed by atoms with Gasteiger partial charge in [0, 0.05) is 6.04 Å². The van der Waals surface area contributed by atoms with Gasteiger partial charge in [-0.1, -0.05) is 12.1 Å². The number of rotatable bonds is 0. The van der Waals surface area contributed by atoms with Gasteiger partial charge in [-0.25, -0.2) is 0 Å². The highest BCUT2D eigenvalue weighted by atomic mass is 16.5. The Morgan fingerprint density at radius 2 is 2.31 bits per heavy atom. The molecule has 0 radical (unpaired) electrons. The smallest absolute Gasteiger partial charge is 0.122 e. The second-order valence-electron chi connectivity index (χ2n) is 3.71. The van der Waals surface area contributed by atoms with Crippen LogP contribution in [0.2, 0.25) is 0 Å². The molecule has 1 aromatic rings. The van der Waals surface area contributed by atoms with Crippen LogP contribution in [0, 0.1) is 6.92 Å². The Labute approximate surface area is 78.7 Å². The minimum Gasteiger partial charge on any atom is -0.493 e. The molecule has 0 saturated heterocycles. The van der Waals surface area contributed by atoms with Gasteiger partial charge in [0.05, 0.1) is 6.61 Å². The van der Waals surface area contributed by atoms with E-state index in [4.69, 9.17) is 10.5 Å². The van der Waals surface area contributed by atoms with Gasteiger partial charge in [-0.2, -0.15) is 0 Å². The van der Waals surface area contributed by atoms with E-state index in [-0.39, 0.29) is 6.04 Å². The van der Waals surface area contributed by atoms with Crippen LogP contribution in [-0.4, -0.2) is 12.6 Å². The number of aryl methyl sites for hydroxylation is 1. The lowest BCUT2D eigenvalue weighted by molar-refractivity contribution is 0.310. The van der Waals surface area contributed by atoms with Gasteiger partial charge in [0.2, 0.25) is 0 Å². The molecule has 0 fully saturated rings. The van der Waals surface area contributed by atoms with Gasteiger partial charge in [-0.3, -0.25) is 0 Å². The maximum Gasteiger partial charge on any atom is 0.122 e. The highest BCUT2D eigenvalue weighted by molar-refractivity contribution is 5.38. The van der Waals surface area contributed by atoms with E-state index in [1.165, 1.54) is 11.1 Å². The molecule has 0 saturated carbocycles. The molecule has 1 heterocycles. The fourth-order valence-electron chi connectivity index (χ4n) is 1.67. The van der Waals surface area contributed by atoms with Gasteiger partial charge in [-0.05, 0) is 37.0 Å². The molecule has 1 unspecified atom stereocenters. The zero-order valence-corrected chi connectivity index (χ0v) is 7.92. The van der Waals surface area contributed by atoms with E-state index in [9.17, 15) is 0 Å². The number of hydrogen-bond acceptors (Lipinski definition) is 2. The fraction of sp³-hybridized carbons (Fsp3) is 0.455. The second kappa shape index (κ2) is 3.38. The van der Waals surface area contributed by atoms with Crippen LogP contribution in [0.15, 0.2) is 18.2 Å². The summed E-state index contributed by atoms with van der Waals surface area (Å²) in [6.45, 7) is 2.83. The number of ether oxygens (including phenoxy) is 1. The molecule has 0 aromatic heterocycles. The Bertz CT molecular complexity index is 309. The third-order valence-corrected chi connectivity index (χ3v) is 2.45. The summed E-state index contributed by atoms with van der Waals surface area (Å²) < 4.78 is 5.62. The molecular weight excluding hydrogens is 162 g/mol. The van der Waals surface area contributed by atoms with Crippen LogP contribution in [-0.2, 0) is 6.42 Å². The fourth-order valence-corrected chi connectivity index (χ4v) is 1.67. The van der Waals surface area contributed by atoms with Crippen molar-refractivity contribution in [3.8, 4) is 5.75 Å². The molecule has 2 heteroatoms. The van der Waals surface area contributed by atoms with Crippen molar-refractivity contribution in [3.05, 3.63) is 29.3 Å². The molecule has 1 aromatic carbocycles. The van der Waals surface area contributed by atoms with Crippen LogP contribution in [0.1, 0.15) is 17.5 Å². The Hall–Kier alpha value is -1.02. The molecule has 2 rings (SSSR count). The molecule has 13 heavy (non-hydrogen) atoms. The first-order chi connectivity index (χ1) is 6.25. The Balaban J connectivity index is 2.34. The van der Waals surface area contributed by atoms with E-state index in [0.717, 1.165) is 25.2 Å². The molecular formula is C11H15NO. The molecule has 2 N–H and O–H groups in total. The first-order valence-corrected chi connectivity index (χ1v) is 4.73. The quantitative estimate of drug-likeness (QED) is 0.654. The predicted molar refractivity (Wildman–Crippen MR) is 53.0 cm³/mol. The van der Waals surface area contributed by atoms with Crippen LogP contribution in [0.5, 0.6) is 5.75 Å². The Morgan fingerprint density at radius 1 is 1.46 bits per heavy atom. The minimum absolute atomic E-state index is 0.254. The van der Waals surface area contributed by atoms with Crippen molar-refractivity contribution in [2.45, 2.75) is 25.8 Å². The van der Waals surface area contributed by atoms with Crippen LogP contribution >= 0.6 is 0 Å². The summed E-state index contributed by atoms with van der Waals surface area (Å²) in [5, 5.41) is 0. The van der Waals surface area contributed by atoms with Crippen molar-refractivity contribution >= 4 is 0 Å². The van der Waals surface area contributed by atoms with E-state index >= 15 is 0 Å². The lowest BCUT2D eigenvalue weighted by atomic mass is 10.0.